The number of anilines is 1. The Morgan fingerprint density at radius 3 is 2.44 bits per heavy atom. The number of hydrogen-bond acceptors (Lipinski definition) is 5. The molecule has 1 aromatic heterocycles. The Bertz CT molecular complexity index is 1220. The fourth-order valence-corrected chi connectivity index (χ4v) is 3.58. The number of para-hydroxylation sites is 3. The first-order valence-corrected chi connectivity index (χ1v) is 10.3. The molecule has 164 valence electrons. The van der Waals surface area contributed by atoms with Gasteiger partial charge in [0.1, 0.15) is 12.3 Å². The van der Waals surface area contributed by atoms with E-state index in [1.165, 1.54) is 0 Å². The summed E-state index contributed by atoms with van der Waals surface area (Å²) >= 11 is 0. The number of benzene rings is 3. The second-order valence-corrected chi connectivity index (χ2v) is 7.24. The van der Waals surface area contributed by atoms with Crippen LogP contribution in [0.1, 0.15) is 18.9 Å². The number of carbonyl (C=O) groups is 1. The van der Waals surface area contributed by atoms with Gasteiger partial charge in [-0.25, -0.2) is 4.98 Å². The average Bonchev–Trinajstić information content (AvgIpc) is 3.18. The number of fused-ring (bicyclic) bond motifs is 1. The Labute approximate surface area is 186 Å². The molecule has 0 bridgehead atoms. The molecule has 4 aromatic rings. The second kappa shape index (κ2) is 9.43. The van der Waals surface area contributed by atoms with Crippen molar-refractivity contribution in [2.75, 3.05) is 19.5 Å². The highest BCUT2D eigenvalue weighted by molar-refractivity contribution is 5.92. The molecule has 0 aliphatic carbocycles. The van der Waals surface area contributed by atoms with Crippen molar-refractivity contribution in [1.82, 2.24) is 9.55 Å². The van der Waals surface area contributed by atoms with Crippen LogP contribution >= 0.6 is 0 Å². The van der Waals surface area contributed by atoms with Crippen LogP contribution in [0.4, 0.5) is 5.69 Å². The number of amides is 1. The zero-order valence-electron chi connectivity index (χ0n) is 18.2. The highest BCUT2D eigenvalue weighted by Gasteiger charge is 2.20. The van der Waals surface area contributed by atoms with Crippen molar-refractivity contribution in [1.29, 1.82) is 0 Å². The van der Waals surface area contributed by atoms with Crippen molar-refractivity contribution >= 4 is 22.6 Å². The predicted molar refractivity (Wildman–Crippen MR) is 123 cm³/mol. The van der Waals surface area contributed by atoms with E-state index in [-0.39, 0.29) is 18.6 Å². The lowest BCUT2D eigenvalue weighted by Gasteiger charge is -2.17. The van der Waals surface area contributed by atoms with Gasteiger partial charge in [0.25, 0.3) is 0 Å². The molecule has 0 radical (unpaired) electrons. The van der Waals surface area contributed by atoms with Crippen LogP contribution in [0.15, 0.2) is 72.8 Å². The molecule has 0 fully saturated rings. The Balaban J connectivity index is 1.59. The zero-order valence-corrected chi connectivity index (χ0v) is 18.2. The van der Waals surface area contributed by atoms with Crippen molar-refractivity contribution < 1.29 is 19.0 Å². The van der Waals surface area contributed by atoms with Crippen LogP contribution < -0.4 is 19.5 Å². The van der Waals surface area contributed by atoms with E-state index in [9.17, 15) is 4.79 Å². The summed E-state index contributed by atoms with van der Waals surface area (Å²) in [6.45, 7) is 2.02. The van der Waals surface area contributed by atoms with E-state index in [1.54, 1.807) is 32.4 Å². The first-order chi connectivity index (χ1) is 15.6. The van der Waals surface area contributed by atoms with Crippen LogP contribution in [0.25, 0.3) is 11.0 Å². The first-order valence-electron chi connectivity index (χ1n) is 10.3. The lowest BCUT2D eigenvalue weighted by atomic mass is 10.2. The number of methoxy groups -OCH3 is 2. The summed E-state index contributed by atoms with van der Waals surface area (Å²) in [5.41, 5.74) is 2.30. The van der Waals surface area contributed by atoms with E-state index in [4.69, 9.17) is 19.2 Å². The molecule has 7 heteroatoms. The van der Waals surface area contributed by atoms with E-state index in [1.807, 2.05) is 66.1 Å². The van der Waals surface area contributed by atoms with Crippen LogP contribution in [0.3, 0.4) is 0 Å². The SMILES string of the molecule is COc1ccc(NC(=O)Cn2c(C(C)Oc3ccccc3)nc3ccccc32)cc1OC. The third-order valence-corrected chi connectivity index (χ3v) is 5.07. The van der Waals surface area contributed by atoms with Gasteiger partial charge < -0.3 is 24.1 Å². The van der Waals surface area contributed by atoms with Crippen LogP contribution in [0.5, 0.6) is 17.2 Å². The molecule has 7 nitrogen and oxygen atoms in total. The molecule has 1 heterocycles. The van der Waals surface area contributed by atoms with Gasteiger partial charge in [-0.3, -0.25) is 4.79 Å². The summed E-state index contributed by atoms with van der Waals surface area (Å²) in [6, 6.07) is 22.5. The summed E-state index contributed by atoms with van der Waals surface area (Å²) in [4.78, 5) is 17.7. The molecule has 1 unspecified atom stereocenters. The first kappa shape index (κ1) is 21.2. The molecule has 0 spiro atoms. The largest absolute Gasteiger partial charge is 0.493 e. The lowest BCUT2D eigenvalue weighted by Crippen LogP contribution is -2.22. The highest BCUT2D eigenvalue weighted by atomic mass is 16.5. The van der Waals surface area contributed by atoms with Crippen LogP contribution in [0.2, 0.25) is 0 Å². The monoisotopic (exact) mass is 431 g/mol. The van der Waals surface area contributed by atoms with Gasteiger partial charge in [0, 0.05) is 11.8 Å². The highest BCUT2D eigenvalue weighted by Crippen LogP contribution is 2.30. The van der Waals surface area contributed by atoms with Gasteiger partial charge in [-0.15, -0.1) is 0 Å². The Morgan fingerprint density at radius 1 is 0.969 bits per heavy atom. The van der Waals surface area contributed by atoms with Gasteiger partial charge in [-0.1, -0.05) is 30.3 Å². The average molecular weight is 431 g/mol. The van der Waals surface area contributed by atoms with Gasteiger partial charge >= 0.3 is 0 Å². The van der Waals surface area contributed by atoms with Gasteiger partial charge in [0.05, 0.1) is 25.3 Å². The molecular formula is C25H25N3O4. The summed E-state index contributed by atoms with van der Waals surface area (Å²) in [5.74, 6) is 2.38. The maximum absolute atomic E-state index is 12.9. The minimum atomic E-state index is -0.348. The predicted octanol–water partition coefficient (Wildman–Crippen LogP) is 4.83. The quantitative estimate of drug-likeness (QED) is 0.432. The summed E-state index contributed by atoms with van der Waals surface area (Å²) < 4.78 is 18.5. The van der Waals surface area contributed by atoms with Gasteiger partial charge in [0.15, 0.2) is 23.4 Å². The molecule has 0 saturated heterocycles. The van der Waals surface area contributed by atoms with E-state index in [0.29, 0.717) is 23.0 Å². The molecule has 0 aliphatic rings. The van der Waals surface area contributed by atoms with E-state index < -0.39 is 0 Å². The summed E-state index contributed by atoms with van der Waals surface area (Å²) in [7, 11) is 3.13. The van der Waals surface area contributed by atoms with Gasteiger partial charge in [-0.05, 0) is 43.3 Å². The van der Waals surface area contributed by atoms with Crippen molar-refractivity contribution in [3.8, 4) is 17.2 Å². The van der Waals surface area contributed by atoms with Crippen LogP contribution in [-0.4, -0.2) is 29.7 Å². The maximum atomic E-state index is 12.9. The van der Waals surface area contributed by atoms with E-state index in [2.05, 4.69) is 5.32 Å². The molecule has 4 rings (SSSR count). The number of imidazole rings is 1. The third kappa shape index (κ3) is 4.51. The Kier molecular flexibility index (Phi) is 6.26. The number of nitrogens with zero attached hydrogens (tertiary/aromatic N) is 2. The third-order valence-electron chi connectivity index (χ3n) is 5.07. The number of ether oxygens (including phenoxy) is 3. The standard InChI is InChI=1S/C25H25N3O4/c1-17(32-19-9-5-4-6-10-19)25-27-20-11-7-8-12-21(20)28(25)16-24(29)26-18-13-14-22(30-2)23(15-18)31-3/h4-15,17H,16H2,1-3H3,(H,26,29). The van der Waals surface area contributed by atoms with Crippen molar-refractivity contribution in [3.63, 3.8) is 0 Å². The fraction of sp³-hybridized carbons (Fsp3) is 0.200. The van der Waals surface area contributed by atoms with Crippen molar-refractivity contribution in [2.24, 2.45) is 0 Å². The Morgan fingerprint density at radius 2 is 1.69 bits per heavy atom. The molecule has 1 N–H and O–H groups in total. The number of carbonyl (C=O) groups excluding carboxylic acids is 1. The normalized spacial score (nSPS) is 11.7. The minimum absolute atomic E-state index is 0.0900. The summed E-state index contributed by atoms with van der Waals surface area (Å²) in [5, 5.41) is 2.92. The minimum Gasteiger partial charge on any atom is -0.493 e. The van der Waals surface area contributed by atoms with Crippen molar-refractivity contribution in [3.05, 3.63) is 78.6 Å². The number of hydrogen-bond donors (Lipinski definition) is 1. The number of rotatable bonds is 8. The molecule has 0 saturated carbocycles. The molecule has 1 amide bonds. The van der Waals surface area contributed by atoms with Crippen LogP contribution in [-0.2, 0) is 11.3 Å². The lowest BCUT2D eigenvalue weighted by molar-refractivity contribution is -0.116. The molecule has 32 heavy (non-hydrogen) atoms. The van der Waals surface area contributed by atoms with Gasteiger partial charge in [0.2, 0.25) is 5.91 Å². The number of aromatic nitrogens is 2. The van der Waals surface area contributed by atoms with Crippen LogP contribution in [0, 0.1) is 0 Å². The second-order valence-electron chi connectivity index (χ2n) is 7.24. The molecular weight excluding hydrogens is 406 g/mol. The molecule has 1 atom stereocenters. The van der Waals surface area contributed by atoms with Crippen molar-refractivity contribution in [2.45, 2.75) is 19.6 Å². The molecule has 0 aliphatic heterocycles. The number of nitrogens with one attached hydrogen (secondary N) is 1. The maximum Gasteiger partial charge on any atom is 0.244 e. The van der Waals surface area contributed by atoms with E-state index in [0.717, 1.165) is 16.8 Å². The fourth-order valence-electron chi connectivity index (χ4n) is 3.58. The smallest absolute Gasteiger partial charge is 0.244 e. The summed E-state index contributed by atoms with van der Waals surface area (Å²) in [6.07, 6.45) is -0.348. The zero-order chi connectivity index (χ0) is 22.5. The van der Waals surface area contributed by atoms with E-state index >= 15 is 0 Å². The molecule has 3 aromatic carbocycles. The Hall–Kier alpha value is -4.00. The van der Waals surface area contributed by atoms with Gasteiger partial charge in [-0.2, -0.15) is 0 Å². The topological polar surface area (TPSA) is 74.6 Å².